The molecule has 3 aromatic carbocycles. The molecule has 3 amide bonds. The monoisotopic (exact) mass is 432 g/mol. The Morgan fingerprint density at radius 2 is 1.81 bits per heavy atom. The van der Waals surface area contributed by atoms with E-state index in [0.29, 0.717) is 6.42 Å². The lowest BCUT2D eigenvalue weighted by atomic mass is 9.99. The van der Waals surface area contributed by atoms with Gasteiger partial charge in [-0.05, 0) is 28.8 Å². The van der Waals surface area contributed by atoms with Crippen LogP contribution >= 0.6 is 0 Å². The first-order chi connectivity index (χ1) is 15.6. The van der Waals surface area contributed by atoms with E-state index < -0.39 is 18.0 Å². The summed E-state index contributed by atoms with van der Waals surface area (Å²) in [5.41, 5.74) is 1.77. The Morgan fingerprint density at radius 1 is 1.06 bits per heavy atom. The van der Waals surface area contributed by atoms with Gasteiger partial charge < -0.3 is 14.8 Å². The highest BCUT2D eigenvalue weighted by molar-refractivity contribution is 5.98. The van der Waals surface area contributed by atoms with Gasteiger partial charge in [0.1, 0.15) is 5.75 Å². The summed E-state index contributed by atoms with van der Waals surface area (Å²) in [6, 6.07) is 20.6. The van der Waals surface area contributed by atoms with E-state index >= 15 is 0 Å². The first kappa shape index (κ1) is 21.4. The van der Waals surface area contributed by atoms with Crippen molar-refractivity contribution in [2.45, 2.75) is 18.9 Å². The van der Waals surface area contributed by atoms with Crippen LogP contribution in [-0.2, 0) is 20.7 Å². The third-order valence-corrected chi connectivity index (χ3v) is 5.56. The normalized spacial score (nSPS) is 14.3. The Labute approximate surface area is 185 Å². The molecule has 0 saturated carbocycles. The van der Waals surface area contributed by atoms with Crippen molar-refractivity contribution in [3.8, 4) is 5.75 Å². The summed E-state index contributed by atoms with van der Waals surface area (Å²) in [6.45, 7) is -0.250. The molecule has 1 atom stereocenters. The lowest BCUT2D eigenvalue weighted by Gasteiger charge is -2.23. The Bertz CT molecular complexity index is 1130. The molecule has 0 bridgehead atoms. The van der Waals surface area contributed by atoms with Gasteiger partial charge in [0, 0.05) is 12.0 Å². The molecular formula is C25H24N2O5. The van der Waals surface area contributed by atoms with E-state index in [4.69, 9.17) is 9.47 Å². The van der Waals surface area contributed by atoms with Crippen molar-refractivity contribution < 1.29 is 23.9 Å². The van der Waals surface area contributed by atoms with Crippen LogP contribution in [0.3, 0.4) is 0 Å². The number of fused-ring (bicyclic) bond motifs is 1. The zero-order chi connectivity index (χ0) is 22.5. The van der Waals surface area contributed by atoms with Gasteiger partial charge in [-0.1, -0.05) is 60.7 Å². The summed E-state index contributed by atoms with van der Waals surface area (Å²) in [7, 11) is 1.62. The van der Waals surface area contributed by atoms with Crippen molar-refractivity contribution in [1.82, 2.24) is 10.2 Å². The molecule has 1 unspecified atom stereocenters. The molecule has 164 valence electrons. The number of cyclic esters (lactones) is 1. The summed E-state index contributed by atoms with van der Waals surface area (Å²) in [5.74, 6) is 0.140. The molecule has 32 heavy (non-hydrogen) atoms. The molecule has 0 aliphatic carbocycles. The summed E-state index contributed by atoms with van der Waals surface area (Å²) in [6.07, 6.45) is 0.0277. The Balaban J connectivity index is 1.50. The van der Waals surface area contributed by atoms with Crippen LogP contribution in [0.5, 0.6) is 5.75 Å². The fourth-order valence-corrected chi connectivity index (χ4v) is 3.93. The smallest absolute Gasteiger partial charge is 0.417 e. The lowest BCUT2D eigenvalue weighted by Crippen LogP contribution is -2.40. The molecule has 7 nitrogen and oxygen atoms in total. The van der Waals surface area contributed by atoms with E-state index in [1.165, 1.54) is 0 Å². The fourth-order valence-electron chi connectivity index (χ4n) is 3.93. The lowest BCUT2D eigenvalue weighted by molar-refractivity contribution is -0.127. The van der Waals surface area contributed by atoms with E-state index in [0.717, 1.165) is 32.5 Å². The van der Waals surface area contributed by atoms with Crippen molar-refractivity contribution in [3.05, 3.63) is 77.9 Å². The second kappa shape index (κ2) is 9.51. The summed E-state index contributed by atoms with van der Waals surface area (Å²) in [5, 5.41) is 5.10. The number of aryl methyl sites for hydroxylation is 1. The van der Waals surface area contributed by atoms with Crippen molar-refractivity contribution in [3.63, 3.8) is 0 Å². The summed E-state index contributed by atoms with van der Waals surface area (Å²) in [4.78, 5) is 37.8. The van der Waals surface area contributed by atoms with E-state index in [1.807, 2.05) is 66.7 Å². The maximum Gasteiger partial charge on any atom is 0.417 e. The number of hydrogen-bond donors (Lipinski definition) is 1. The largest absolute Gasteiger partial charge is 0.496 e. The van der Waals surface area contributed by atoms with Gasteiger partial charge in [0.25, 0.3) is 5.91 Å². The first-order valence-electron chi connectivity index (χ1n) is 10.4. The van der Waals surface area contributed by atoms with E-state index in [2.05, 4.69) is 5.32 Å². The van der Waals surface area contributed by atoms with Crippen LogP contribution in [0.25, 0.3) is 10.8 Å². The van der Waals surface area contributed by atoms with Gasteiger partial charge in [0.2, 0.25) is 5.91 Å². The third kappa shape index (κ3) is 4.56. The Morgan fingerprint density at radius 3 is 2.53 bits per heavy atom. The highest BCUT2D eigenvalue weighted by atomic mass is 16.6. The second-order valence-corrected chi connectivity index (χ2v) is 7.56. The average Bonchev–Trinajstić information content (AvgIpc) is 3.14. The van der Waals surface area contributed by atoms with Gasteiger partial charge in [-0.25, -0.2) is 9.69 Å². The number of rotatable bonds is 8. The van der Waals surface area contributed by atoms with Crippen molar-refractivity contribution in [2.24, 2.45) is 0 Å². The molecule has 0 aromatic heterocycles. The number of methoxy groups -OCH3 is 1. The maximum atomic E-state index is 12.9. The quantitative estimate of drug-likeness (QED) is 0.588. The van der Waals surface area contributed by atoms with E-state index in [9.17, 15) is 14.4 Å². The van der Waals surface area contributed by atoms with Gasteiger partial charge in [0.05, 0.1) is 19.7 Å². The number of nitrogens with zero attached hydrogens (tertiary/aromatic N) is 1. The molecule has 0 spiro atoms. The molecule has 3 aromatic rings. The van der Waals surface area contributed by atoms with Gasteiger partial charge in [-0.15, -0.1) is 0 Å². The SMILES string of the molecule is COc1ccc2ccccc2c1CCC(=O)NC(CN1C(=O)COC1=O)c1ccccc1. The molecule has 1 saturated heterocycles. The van der Waals surface area contributed by atoms with Gasteiger partial charge in [0.15, 0.2) is 6.61 Å². The zero-order valence-electron chi connectivity index (χ0n) is 17.7. The van der Waals surface area contributed by atoms with Crippen LogP contribution in [0.15, 0.2) is 66.7 Å². The van der Waals surface area contributed by atoms with Crippen LogP contribution in [0.4, 0.5) is 4.79 Å². The highest BCUT2D eigenvalue weighted by Gasteiger charge is 2.33. The highest BCUT2D eigenvalue weighted by Crippen LogP contribution is 2.29. The zero-order valence-corrected chi connectivity index (χ0v) is 17.7. The van der Waals surface area contributed by atoms with Gasteiger partial charge in [-0.2, -0.15) is 0 Å². The number of benzene rings is 3. The average molecular weight is 432 g/mol. The number of carbonyl (C=O) groups is 3. The molecule has 1 aliphatic rings. The van der Waals surface area contributed by atoms with Crippen LogP contribution in [0.2, 0.25) is 0 Å². The van der Waals surface area contributed by atoms with Crippen LogP contribution < -0.4 is 10.1 Å². The van der Waals surface area contributed by atoms with E-state index in [1.54, 1.807) is 7.11 Å². The standard InChI is InChI=1S/C25H24N2O5/c1-31-22-13-11-17-7-5-6-10-19(17)20(22)12-14-23(28)26-21(18-8-3-2-4-9-18)15-27-24(29)16-32-25(27)30/h2-11,13,21H,12,14-16H2,1H3,(H,26,28). The summed E-state index contributed by atoms with van der Waals surface area (Å²) < 4.78 is 10.3. The minimum absolute atomic E-state index is 0.0189. The summed E-state index contributed by atoms with van der Waals surface area (Å²) >= 11 is 0. The van der Waals surface area contributed by atoms with Crippen molar-refractivity contribution in [2.75, 3.05) is 20.3 Å². The minimum Gasteiger partial charge on any atom is -0.496 e. The molecule has 1 N–H and O–H groups in total. The number of imide groups is 1. The second-order valence-electron chi connectivity index (χ2n) is 7.56. The molecule has 1 aliphatic heterocycles. The Kier molecular flexibility index (Phi) is 6.35. The van der Waals surface area contributed by atoms with Gasteiger partial charge >= 0.3 is 6.09 Å². The predicted molar refractivity (Wildman–Crippen MR) is 119 cm³/mol. The topological polar surface area (TPSA) is 84.9 Å². The molecule has 1 fully saturated rings. The minimum atomic E-state index is -0.689. The molecule has 7 heteroatoms. The first-order valence-corrected chi connectivity index (χ1v) is 10.4. The number of nitrogens with one attached hydrogen (secondary N) is 1. The maximum absolute atomic E-state index is 12.9. The van der Waals surface area contributed by atoms with Crippen molar-refractivity contribution >= 4 is 28.7 Å². The van der Waals surface area contributed by atoms with Crippen LogP contribution in [0.1, 0.15) is 23.6 Å². The number of ether oxygens (including phenoxy) is 2. The number of hydrogen-bond acceptors (Lipinski definition) is 5. The van der Waals surface area contributed by atoms with Gasteiger partial charge in [-0.3, -0.25) is 9.59 Å². The Hall–Kier alpha value is -3.87. The molecule has 1 heterocycles. The molecular weight excluding hydrogens is 408 g/mol. The molecule has 4 rings (SSSR count). The fraction of sp³-hybridized carbons (Fsp3) is 0.240. The van der Waals surface area contributed by atoms with E-state index in [-0.39, 0.29) is 25.5 Å². The molecule has 0 radical (unpaired) electrons. The van der Waals surface area contributed by atoms with Crippen LogP contribution in [-0.4, -0.2) is 43.1 Å². The van der Waals surface area contributed by atoms with Crippen LogP contribution in [0, 0.1) is 0 Å². The van der Waals surface area contributed by atoms with Crippen molar-refractivity contribution in [1.29, 1.82) is 0 Å². The predicted octanol–water partition coefficient (Wildman–Crippen LogP) is 3.62. The third-order valence-electron chi connectivity index (χ3n) is 5.56. The number of amides is 3. The number of carbonyl (C=O) groups excluding carboxylic acids is 3.